The molecular formula is C16H9BrCl3NO5. The summed E-state index contributed by atoms with van der Waals surface area (Å²) in [5.41, 5.74) is 0.371. The summed E-state index contributed by atoms with van der Waals surface area (Å²) in [5.74, 6) is -0.608. The van der Waals surface area contributed by atoms with Crippen LogP contribution in [-0.4, -0.2) is 18.0 Å². The smallest absolute Gasteiger partial charge is 0.346 e. The molecule has 10 heteroatoms. The van der Waals surface area contributed by atoms with Crippen molar-refractivity contribution in [2.45, 2.75) is 0 Å². The van der Waals surface area contributed by atoms with E-state index in [2.05, 4.69) is 15.9 Å². The first-order chi connectivity index (χ1) is 12.2. The zero-order valence-electron chi connectivity index (χ0n) is 13.0. The van der Waals surface area contributed by atoms with Crippen LogP contribution >= 0.6 is 50.7 Å². The molecule has 0 saturated carbocycles. The van der Waals surface area contributed by atoms with Crippen molar-refractivity contribution in [2.75, 3.05) is 7.11 Å². The Bertz CT molecular complexity index is 917. The Hall–Kier alpha value is -1.80. The lowest BCUT2D eigenvalue weighted by atomic mass is 10.2. The zero-order chi connectivity index (χ0) is 19.4. The largest absolute Gasteiger partial charge is 0.493 e. The lowest BCUT2D eigenvalue weighted by molar-refractivity contribution is -0.400. The van der Waals surface area contributed by atoms with E-state index in [1.807, 2.05) is 0 Å². The summed E-state index contributed by atoms with van der Waals surface area (Å²) in [6.45, 7) is 0. The molecule has 0 radical (unpaired) electrons. The third kappa shape index (κ3) is 4.67. The summed E-state index contributed by atoms with van der Waals surface area (Å²) in [6.07, 6.45) is 2.04. The topological polar surface area (TPSA) is 78.7 Å². The van der Waals surface area contributed by atoms with Crippen molar-refractivity contribution in [3.8, 4) is 11.5 Å². The van der Waals surface area contributed by atoms with Crippen LogP contribution in [0.15, 0.2) is 34.9 Å². The highest BCUT2D eigenvalue weighted by Gasteiger charge is 2.22. The number of ether oxygens (including phenoxy) is 2. The van der Waals surface area contributed by atoms with Gasteiger partial charge in [-0.3, -0.25) is 10.1 Å². The van der Waals surface area contributed by atoms with Gasteiger partial charge in [0.15, 0.2) is 11.5 Å². The van der Waals surface area contributed by atoms with E-state index in [1.54, 1.807) is 0 Å². The minimum Gasteiger partial charge on any atom is -0.493 e. The molecule has 0 saturated heterocycles. The van der Waals surface area contributed by atoms with E-state index in [-0.39, 0.29) is 32.1 Å². The SMILES string of the molecule is COc1cc(/C=C/[N+](=O)[O-])cc(Br)c1OC(=O)c1c(Cl)ccc(Cl)c1Cl. The summed E-state index contributed by atoms with van der Waals surface area (Å²) in [6, 6.07) is 5.86. The highest BCUT2D eigenvalue weighted by molar-refractivity contribution is 9.10. The van der Waals surface area contributed by atoms with Crippen LogP contribution in [0.2, 0.25) is 15.1 Å². The Morgan fingerprint density at radius 2 is 1.88 bits per heavy atom. The monoisotopic (exact) mass is 479 g/mol. The zero-order valence-corrected chi connectivity index (χ0v) is 16.8. The van der Waals surface area contributed by atoms with Gasteiger partial charge in [0.1, 0.15) is 0 Å². The third-order valence-corrected chi connectivity index (χ3v) is 4.79. The standard InChI is InChI=1S/C16H9BrCl3NO5/c1-25-12-7-8(4-5-21(23)24)6-9(17)15(12)26-16(22)13-10(18)2-3-11(19)14(13)20/h2-7H,1H3/b5-4+. The molecule has 0 amide bonds. The molecule has 0 atom stereocenters. The Morgan fingerprint density at radius 3 is 2.50 bits per heavy atom. The maximum atomic E-state index is 12.5. The van der Waals surface area contributed by atoms with Crippen LogP contribution in [0.3, 0.4) is 0 Å². The summed E-state index contributed by atoms with van der Waals surface area (Å²) in [4.78, 5) is 22.3. The number of esters is 1. The van der Waals surface area contributed by atoms with Gasteiger partial charge in [0.2, 0.25) is 6.20 Å². The molecule has 0 aromatic heterocycles. The highest BCUT2D eigenvalue weighted by Crippen LogP contribution is 2.39. The van der Waals surface area contributed by atoms with Gasteiger partial charge >= 0.3 is 5.97 Å². The number of carbonyl (C=O) groups is 1. The number of rotatable bonds is 5. The summed E-state index contributed by atoms with van der Waals surface area (Å²) in [7, 11) is 1.36. The Morgan fingerprint density at radius 1 is 1.23 bits per heavy atom. The van der Waals surface area contributed by atoms with Gasteiger partial charge in [-0.2, -0.15) is 0 Å². The van der Waals surface area contributed by atoms with Crippen molar-refractivity contribution < 1.29 is 19.2 Å². The minimum atomic E-state index is -0.838. The number of nitro groups is 1. The minimum absolute atomic E-state index is 0.0372. The van der Waals surface area contributed by atoms with Crippen LogP contribution in [0.1, 0.15) is 15.9 Å². The van der Waals surface area contributed by atoms with Gasteiger partial charge in [-0.1, -0.05) is 34.8 Å². The molecule has 26 heavy (non-hydrogen) atoms. The van der Waals surface area contributed by atoms with Gasteiger partial charge in [-0.05, 0) is 45.8 Å². The second kappa shape index (κ2) is 8.73. The summed E-state index contributed by atoms with van der Waals surface area (Å²) >= 11 is 21.2. The second-order valence-electron chi connectivity index (χ2n) is 4.74. The molecule has 0 aliphatic carbocycles. The first-order valence-electron chi connectivity index (χ1n) is 6.79. The van der Waals surface area contributed by atoms with E-state index < -0.39 is 10.9 Å². The second-order valence-corrected chi connectivity index (χ2v) is 6.79. The average molecular weight is 482 g/mol. The average Bonchev–Trinajstić information content (AvgIpc) is 2.58. The number of hydrogen-bond donors (Lipinski definition) is 0. The van der Waals surface area contributed by atoms with Crippen LogP contribution in [-0.2, 0) is 0 Å². The van der Waals surface area contributed by atoms with E-state index in [9.17, 15) is 14.9 Å². The lowest BCUT2D eigenvalue weighted by Crippen LogP contribution is -2.11. The predicted molar refractivity (Wildman–Crippen MR) is 103 cm³/mol. The maximum Gasteiger partial charge on any atom is 0.346 e. The van der Waals surface area contributed by atoms with Crippen molar-refractivity contribution in [3.63, 3.8) is 0 Å². The van der Waals surface area contributed by atoms with Crippen molar-refractivity contribution in [1.82, 2.24) is 0 Å². The molecule has 0 aliphatic heterocycles. The predicted octanol–water partition coefficient (Wildman–Crippen LogP) is 5.88. The molecule has 0 unspecified atom stereocenters. The number of hydrogen-bond acceptors (Lipinski definition) is 5. The third-order valence-electron chi connectivity index (χ3n) is 3.08. The molecule has 2 aromatic carbocycles. The molecule has 2 rings (SSSR count). The molecule has 0 aliphatic rings. The Labute approximate surface area is 171 Å². The first kappa shape index (κ1) is 20.5. The lowest BCUT2D eigenvalue weighted by Gasteiger charge is -2.13. The molecule has 0 fully saturated rings. The molecule has 0 spiro atoms. The fourth-order valence-corrected chi connectivity index (χ4v) is 3.16. The van der Waals surface area contributed by atoms with Gasteiger partial charge in [-0.25, -0.2) is 4.79 Å². The van der Waals surface area contributed by atoms with Crippen molar-refractivity contribution in [2.24, 2.45) is 0 Å². The normalized spacial score (nSPS) is 10.8. The van der Waals surface area contributed by atoms with E-state index in [0.29, 0.717) is 10.0 Å². The van der Waals surface area contributed by atoms with E-state index in [0.717, 1.165) is 6.20 Å². The number of nitrogens with zero attached hydrogens (tertiary/aromatic N) is 1. The van der Waals surface area contributed by atoms with Crippen molar-refractivity contribution in [1.29, 1.82) is 0 Å². The van der Waals surface area contributed by atoms with Gasteiger partial charge in [0.05, 0.1) is 37.1 Å². The van der Waals surface area contributed by atoms with Gasteiger partial charge in [0.25, 0.3) is 0 Å². The van der Waals surface area contributed by atoms with Gasteiger partial charge < -0.3 is 9.47 Å². The molecule has 6 nitrogen and oxygen atoms in total. The van der Waals surface area contributed by atoms with Crippen LogP contribution in [0.25, 0.3) is 6.08 Å². The number of benzene rings is 2. The van der Waals surface area contributed by atoms with E-state index in [4.69, 9.17) is 44.3 Å². The molecule has 0 bridgehead atoms. The van der Waals surface area contributed by atoms with E-state index in [1.165, 1.54) is 37.5 Å². The fourth-order valence-electron chi connectivity index (χ4n) is 1.94. The summed E-state index contributed by atoms with van der Waals surface area (Å²) in [5, 5.41) is 10.6. The number of halogens is 4. The van der Waals surface area contributed by atoms with Crippen LogP contribution < -0.4 is 9.47 Å². The van der Waals surface area contributed by atoms with Crippen LogP contribution in [0.4, 0.5) is 0 Å². The Balaban J connectivity index is 2.42. The van der Waals surface area contributed by atoms with Gasteiger partial charge in [0, 0.05) is 6.08 Å². The van der Waals surface area contributed by atoms with Crippen LogP contribution in [0, 0.1) is 10.1 Å². The highest BCUT2D eigenvalue weighted by atomic mass is 79.9. The molecule has 2 aromatic rings. The number of carbonyl (C=O) groups excluding carboxylic acids is 1. The maximum absolute atomic E-state index is 12.5. The van der Waals surface area contributed by atoms with Crippen molar-refractivity contribution >= 4 is 62.8 Å². The van der Waals surface area contributed by atoms with Crippen molar-refractivity contribution in [3.05, 3.63) is 71.2 Å². The Kier molecular flexibility index (Phi) is 6.88. The molecule has 136 valence electrons. The fraction of sp³-hybridized carbons (Fsp3) is 0.0625. The molecular weight excluding hydrogens is 472 g/mol. The quantitative estimate of drug-likeness (QED) is 0.175. The molecule has 0 heterocycles. The van der Waals surface area contributed by atoms with Gasteiger partial charge in [-0.15, -0.1) is 0 Å². The number of methoxy groups -OCH3 is 1. The van der Waals surface area contributed by atoms with E-state index >= 15 is 0 Å². The first-order valence-corrected chi connectivity index (χ1v) is 8.72. The van der Waals surface area contributed by atoms with Crippen LogP contribution in [0.5, 0.6) is 11.5 Å². The summed E-state index contributed by atoms with van der Waals surface area (Å²) < 4.78 is 10.9. The molecule has 0 N–H and O–H groups in total.